The van der Waals surface area contributed by atoms with Crippen LogP contribution in [0.3, 0.4) is 0 Å². The van der Waals surface area contributed by atoms with E-state index >= 15 is 0 Å². The first-order chi connectivity index (χ1) is 17.0. The van der Waals surface area contributed by atoms with Crippen molar-refractivity contribution < 1.29 is 28.7 Å². The van der Waals surface area contributed by atoms with E-state index in [1.54, 1.807) is 40.1 Å². The Kier molecular flexibility index (Phi) is 6.15. The van der Waals surface area contributed by atoms with E-state index in [9.17, 15) is 19.2 Å². The maximum Gasteiger partial charge on any atom is 0.241 e. The minimum Gasteiger partial charge on any atom is -0.454 e. The molecule has 0 aliphatic carbocycles. The molecule has 3 aliphatic rings. The Bertz CT molecular complexity index is 1150. The van der Waals surface area contributed by atoms with Crippen molar-refractivity contribution in [2.24, 2.45) is 0 Å². The van der Waals surface area contributed by atoms with Crippen molar-refractivity contribution in [2.45, 2.75) is 31.2 Å². The lowest BCUT2D eigenvalue weighted by molar-refractivity contribution is -0.143. The largest absolute Gasteiger partial charge is 0.454 e. The summed E-state index contributed by atoms with van der Waals surface area (Å²) in [6, 6.07) is 14.4. The fourth-order valence-corrected chi connectivity index (χ4v) is 5.07. The number of hydrogen-bond donors (Lipinski definition) is 0. The van der Waals surface area contributed by atoms with E-state index in [1.165, 1.54) is 4.90 Å². The molecule has 0 saturated carbocycles. The highest BCUT2D eigenvalue weighted by Crippen LogP contribution is 2.41. The van der Waals surface area contributed by atoms with Gasteiger partial charge in [0.05, 0.1) is 12.0 Å². The normalized spacial score (nSPS) is 21.9. The van der Waals surface area contributed by atoms with Gasteiger partial charge in [-0.2, -0.15) is 0 Å². The maximum absolute atomic E-state index is 13.9. The van der Waals surface area contributed by atoms with Crippen LogP contribution in [0.15, 0.2) is 48.5 Å². The van der Waals surface area contributed by atoms with Crippen LogP contribution in [-0.2, 0) is 31.1 Å². The van der Waals surface area contributed by atoms with Crippen molar-refractivity contribution in [3.05, 3.63) is 59.7 Å². The van der Waals surface area contributed by atoms with Crippen LogP contribution >= 0.6 is 0 Å². The summed E-state index contributed by atoms with van der Waals surface area (Å²) in [7, 11) is 0. The third-order valence-corrected chi connectivity index (χ3v) is 7.00. The number of carbonyl (C=O) groups is 4. The van der Waals surface area contributed by atoms with E-state index in [1.807, 2.05) is 18.2 Å². The van der Waals surface area contributed by atoms with E-state index in [0.29, 0.717) is 49.7 Å². The smallest absolute Gasteiger partial charge is 0.241 e. The lowest BCUT2D eigenvalue weighted by Gasteiger charge is -2.30. The van der Waals surface area contributed by atoms with Crippen molar-refractivity contribution in [1.82, 2.24) is 14.7 Å². The second-order valence-electron chi connectivity index (χ2n) is 9.15. The number of rotatable bonds is 6. The molecule has 0 bridgehead atoms. The van der Waals surface area contributed by atoms with Crippen LogP contribution < -0.4 is 9.47 Å². The van der Waals surface area contributed by atoms with Crippen LogP contribution in [-0.4, -0.2) is 71.8 Å². The molecule has 0 radical (unpaired) electrons. The number of likely N-dealkylation sites (tertiary alicyclic amines) is 1. The van der Waals surface area contributed by atoms with E-state index in [2.05, 4.69) is 0 Å². The van der Waals surface area contributed by atoms with E-state index in [4.69, 9.17) is 9.47 Å². The van der Waals surface area contributed by atoms with Gasteiger partial charge in [-0.1, -0.05) is 36.4 Å². The Morgan fingerprint density at radius 2 is 1.77 bits per heavy atom. The summed E-state index contributed by atoms with van der Waals surface area (Å²) in [5.41, 5.74) is 0.138. The lowest BCUT2D eigenvalue weighted by Crippen LogP contribution is -2.44. The number of carbonyl (C=O) groups excluding carboxylic acids is 4. The molecule has 0 spiro atoms. The molecular formula is C26H27N3O6. The summed E-state index contributed by atoms with van der Waals surface area (Å²) >= 11 is 0. The molecule has 3 aliphatic heterocycles. The van der Waals surface area contributed by atoms with Gasteiger partial charge in [0.2, 0.25) is 30.9 Å². The zero-order valence-electron chi connectivity index (χ0n) is 19.4. The van der Waals surface area contributed by atoms with Crippen molar-refractivity contribution in [3.63, 3.8) is 0 Å². The zero-order valence-corrected chi connectivity index (χ0v) is 19.4. The monoisotopic (exact) mass is 477 g/mol. The van der Waals surface area contributed by atoms with E-state index in [-0.39, 0.29) is 43.9 Å². The highest BCUT2D eigenvalue weighted by molar-refractivity contribution is 6.10. The molecule has 0 aromatic heterocycles. The molecule has 9 heteroatoms. The van der Waals surface area contributed by atoms with Crippen LogP contribution in [0, 0.1) is 0 Å². The Balaban J connectivity index is 1.41. The number of imide groups is 1. The highest BCUT2D eigenvalue weighted by Gasteiger charge is 2.54. The number of nitrogens with zero attached hydrogens (tertiary/aromatic N) is 3. The minimum atomic E-state index is -1.26. The first-order valence-corrected chi connectivity index (χ1v) is 11.8. The van der Waals surface area contributed by atoms with Gasteiger partial charge in [0.25, 0.3) is 0 Å². The summed E-state index contributed by atoms with van der Waals surface area (Å²) in [6.07, 6.45) is 1.30. The summed E-state index contributed by atoms with van der Waals surface area (Å²) < 4.78 is 10.8. The average Bonchev–Trinajstić information content (AvgIpc) is 3.32. The molecule has 0 N–H and O–H groups in total. The van der Waals surface area contributed by atoms with Crippen molar-refractivity contribution in [1.29, 1.82) is 0 Å². The van der Waals surface area contributed by atoms with Crippen LogP contribution in [0.2, 0.25) is 0 Å². The van der Waals surface area contributed by atoms with Gasteiger partial charge in [-0.25, -0.2) is 0 Å². The van der Waals surface area contributed by atoms with Crippen molar-refractivity contribution in [2.75, 3.05) is 33.0 Å². The van der Waals surface area contributed by atoms with Crippen molar-refractivity contribution in [3.8, 4) is 11.5 Å². The molecule has 35 heavy (non-hydrogen) atoms. The molecule has 4 amide bonds. The Hall–Kier alpha value is -3.88. The van der Waals surface area contributed by atoms with Gasteiger partial charge in [0.15, 0.2) is 11.5 Å². The van der Waals surface area contributed by atoms with Gasteiger partial charge in [-0.3, -0.25) is 24.1 Å². The Labute approximate surface area is 203 Å². The minimum absolute atomic E-state index is 0.0690. The quantitative estimate of drug-likeness (QED) is 0.464. The fourth-order valence-electron chi connectivity index (χ4n) is 5.07. The molecule has 2 aromatic carbocycles. The fraction of sp³-hybridized carbons (Fsp3) is 0.385. The first kappa shape index (κ1) is 22.9. The molecule has 2 saturated heterocycles. The molecule has 3 heterocycles. The van der Waals surface area contributed by atoms with Gasteiger partial charge in [-0.05, 0) is 29.7 Å². The molecule has 5 rings (SSSR count). The molecule has 2 aromatic rings. The Morgan fingerprint density at radius 3 is 2.57 bits per heavy atom. The molecule has 0 unspecified atom stereocenters. The van der Waals surface area contributed by atoms with Gasteiger partial charge < -0.3 is 19.3 Å². The summed E-state index contributed by atoms with van der Waals surface area (Å²) in [6.45, 7) is 2.20. The summed E-state index contributed by atoms with van der Waals surface area (Å²) in [5, 5.41) is 0. The number of benzene rings is 2. The topological polar surface area (TPSA) is 96.5 Å². The summed E-state index contributed by atoms with van der Waals surface area (Å²) in [5.74, 6) is 0.336. The van der Waals surface area contributed by atoms with Gasteiger partial charge in [-0.15, -0.1) is 0 Å². The maximum atomic E-state index is 13.9. The van der Waals surface area contributed by atoms with Crippen LogP contribution in [0.1, 0.15) is 30.4 Å². The SMILES string of the molecule is O=CN1CCCN(C(=O)C[C@]2(c3ccccc3)CC(=O)N(Cc3ccc4c(c3)OCO4)C2=O)CC1. The second kappa shape index (κ2) is 9.40. The molecule has 1 atom stereocenters. The number of hydrogen-bond acceptors (Lipinski definition) is 6. The van der Waals surface area contributed by atoms with Crippen LogP contribution in [0.25, 0.3) is 0 Å². The molecule has 2 fully saturated rings. The third kappa shape index (κ3) is 4.34. The number of ether oxygens (including phenoxy) is 2. The summed E-state index contributed by atoms with van der Waals surface area (Å²) in [4.78, 5) is 56.2. The predicted molar refractivity (Wildman–Crippen MR) is 124 cm³/mol. The number of fused-ring (bicyclic) bond motifs is 1. The first-order valence-electron chi connectivity index (χ1n) is 11.8. The lowest BCUT2D eigenvalue weighted by atomic mass is 9.75. The highest BCUT2D eigenvalue weighted by atomic mass is 16.7. The van der Waals surface area contributed by atoms with Gasteiger partial charge in [0, 0.05) is 39.0 Å². The average molecular weight is 478 g/mol. The van der Waals surface area contributed by atoms with Gasteiger partial charge >= 0.3 is 0 Å². The predicted octanol–water partition coefficient (Wildman–Crippen LogP) is 1.69. The van der Waals surface area contributed by atoms with E-state index in [0.717, 1.165) is 12.0 Å². The van der Waals surface area contributed by atoms with Crippen LogP contribution in [0.4, 0.5) is 0 Å². The Morgan fingerprint density at radius 1 is 0.971 bits per heavy atom. The second-order valence-corrected chi connectivity index (χ2v) is 9.15. The molecule has 182 valence electrons. The third-order valence-electron chi connectivity index (χ3n) is 7.00. The van der Waals surface area contributed by atoms with Gasteiger partial charge in [0.1, 0.15) is 0 Å². The standard InChI is InChI=1S/C26H27N3O6/c30-17-27-9-4-10-28(12-11-27)23(31)14-26(20-5-2-1-3-6-20)15-24(32)29(25(26)33)16-19-7-8-21-22(13-19)35-18-34-21/h1-3,5-8,13,17H,4,9-12,14-16,18H2/t26-/m1/s1. The number of amides is 4. The molecular weight excluding hydrogens is 450 g/mol. The van der Waals surface area contributed by atoms with E-state index < -0.39 is 5.41 Å². The zero-order chi connectivity index (χ0) is 24.4. The van der Waals surface area contributed by atoms with Crippen LogP contribution in [0.5, 0.6) is 11.5 Å². The molecule has 9 nitrogen and oxygen atoms in total. The van der Waals surface area contributed by atoms with Crippen molar-refractivity contribution >= 4 is 24.1 Å².